The van der Waals surface area contributed by atoms with Crippen molar-refractivity contribution >= 4 is 16.6 Å². The molecule has 0 saturated carbocycles. The van der Waals surface area contributed by atoms with Crippen LogP contribution in [0.5, 0.6) is 5.75 Å². The average molecular weight is 262 g/mol. The molecule has 2 rings (SSSR count). The SMILES string of the molecule is COCC(O)CNc1nccc2ccc(OC)cc12. The molecule has 1 aromatic heterocycles. The fourth-order valence-corrected chi connectivity index (χ4v) is 1.88. The Hall–Kier alpha value is -1.85. The summed E-state index contributed by atoms with van der Waals surface area (Å²) in [4.78, 5) is 4.30. The molecule has 19 heavy (non-hydrogen) atoms. The predicted octanol–water partition coefficient (Wildman–Crippen LogP) is 1.66. The van der Waals surface area contributed by atoms with Crippen molar-refractivity contribution in [2.75, 3.05) is 32.7 Å². The molecule has 0 aliphatic heterocycles. The smallest absolute Gasteiger partial charge is 0.134 e. The second-order valence-corrected chi connectivity index (χ2v) is 4.24. The minimum Gasteiger partial charge on any atom is -0.497 e. The highest BCUT2D eigenvalue weighted by atomic mass is 16.5. The van der Waals surface area contributed by atoms with Gasteiger partial charge in [0, 0.05) is 25.2 Å². The van der Waals surface area contributed by atoms with Crippen molar-refractivity contribution in [1.29, 1.82) is 0 Å². The summed E-state index contributed by atoms with van der Waals surface area (Å²) in [6.07, 6.45) is 1.17. The highest BCUT2D eigenvalue weighted by Crippen LogP contribution is 2.25. The van der Waals surface area contributed by atoms with Gasteiger partial charge < -0.3 is 19.9 Å². The summed E-state index contributed by atoms with van der Waals surface area (Å²) >= 11 is 0. The number of aliphatic hydroxyl groups is 1. The van der Waals surface area contributed by atoms with Crippen molar-refractivity contribution in [3.05, 3.63) is 30.5 Å². The Balaban J connectivity index is 2.22. The third kappa shape index (κ3) is 3.33. The molecule has 0 saturated heterocycles. The number of fused-ring (bicyclic) bond motifs is 1. The number of anilines is 1. The van der Waals surface area contributed by atoms with Gasteiger partial charge in [-0.25, -0.2) is 4.98 Å². The molecular formula is C14H18N2O3. The quantitative estimate of drug-likeness (QED) is 0.829. The Kier molecular flexibility index (Phi) is 4.54. The molecule has 0 amide bonds. The monoisotopic (exact) mass is 262 g/mol. The highest BCUT2D eigenvalue weighted by Gasteiger charge is 2.07. The van der Waals surface area contributed by atoms with Crippen molar-refractivity contribution in [2.45, 2.75) is 6.10 Å². The van der Waals surface area contributed by atoms with Crippen molar-refractivity contribution < 1.29 is 14.6 Å². The number of methoxy groups -OCH3 is 2. The van der Waals surface area contributed by atoms with E-state index in [0.717, 1.165) is 22.3 Å². The number of hydrogen-bond acceptors (Lipinski definition) is 5. The summed E-state index contributed by atoms with van der Waals surface area (Å²) in [6, 6.07) is 7.75. The molecular weight excluding hydrogens is 244 g/mol. The summed E-state index contributed by atoms with van der Waals surface area (Å²) in [5.74, 6) is 1.51. The first-order valence-corrected chi connectivity index (χ1v) is 6.08. The number of nitrogens with zero attached hydrogens (tertiary/aromatic N) is 1. The maximum Gasteiger partial charge on any atom is 0.134 e. The summed E-state index contributed by atoms with van der Waals surface area (Å²) in [5.41, 5.74) is 0. The maximum atomic E-state index is 9.64. The maximum absolute atomic E-state index is 9.64. The molecule has 5 heteroatoms. The molecule has 0 radical (unpaired) electrons. The summed E-state index contributed by atoms with van der Waals surface area (Å²) in [5, 5.41) is 14.8. The van der Waals surface area contributed by atoms with Crippen LogP contribution in [0.25, 0.3) is 10.8 Å². The fourth-order valence-electron chi connectivity index (χ4n) is 1.88. The van der Waals surface area contributed by atoms with Crippen LogP contribution in [0.1, 0.15) is 0 Å². The van der Waals surface area contributed by atoms with E-state index in [2.05, 4.69) is 10.3 Å². The number of aromatic nitrogens is 1. The van der Waals surface area contributed by atoms with Crippen LogP contribution in [0.15, 0.2) is 30.5 Å². The van der Waals surface area contributed by atoms with Crippen molar-refractivity contribution in [1.82, 2.24) is 4.98 Å². The van der Waals surface area contributed by atoms with Crippen LogP contribution in [-0.4, -0.2) is 43.6 Å². The van der Waals surface area contributed by atoms with Gasteiger partial charge in [0.1, 0.15) is 11.6 Å². The molecule has 1 aromatic carbocycles. The van der Waals surface area contributed by atoms with Gasteiger partial charge in [0.15, 0.2) is 0 Å². The normalized spacial score (nSPS) is 12.4. The zero-order valence-electron chi connectivity index (χ0n) is 11.1. The first kappa shape index (κ1) is 13.6. The van der Waals surface area contributed by atoms with E-state index < -0.39 is 6.10 Å². The van der Waals surface area contributed by atoms with Crippen LogP contribution in [0, 0.1) is 0 Å². The molecule has 0 aliphatic rings. The topological polar surface area (TPSA) is 63.6 Å². The largest absolute Gasteiger partial charge is 0.497 e. The minimum atomic E-state index is -0.562. The van der Waals surface area contributed by atoms with Crippen LogP contribution < -0.4 is 10.1 Å². The molecule has 102 valence electrons. The van der Waals surface area contributed by atoms with Gasteiger partial charge in [-0.1, -0.05) is 6.07 Å². The van der Waals surface area contributed by atoms with Gasteiger partial charge in [-0.05, 0) is 23.6 Å². The molecule has 0 bridgehead atoms. The minimum absolute atomic E-state index is 0.293. The Labute approximate surface area is 112 Å². The zero-order chi connectivity index (χ0) is 13.7. The number of hydrogen-bond donors (Lipinski definition) is 2. The predicted molar refractivity (Wildman–Crippen MR) is 74.7 cm³/mol. The van der Waals surface area contributed by atoms with E-state index in [0.29, 0.717) is 13.2 Å². The van der Waals surface area contributed by atoms with Gasteiger partial charge in [0.25, 0.3) is 0 Å². The summed E-state index contributed by atoms with van der Waals surface area (Å²) in [6.45, 7) is 0.679. The molecule has 0 spiro atoms. The Morgan fingerprint density at radius 1 is 1.32 bits per heavy atom. The lowest BCUT2D eigenvalue weighted by atomic mass is 10.1. The molecule has 0 aliphatic carbocycles. The lowest BCUT2D eigenvalue weighted by Crippen LogP contribution is -2.24. The summed E-state index contributed by atoms with van der Waals surface area (Å²) in [7, 11) is 3.19. The third-order valence-corrected chi connectivity index (χ3v) is 2.84. The lowest BCUT2D eigenvalue weighted by molar-refractivity contribution is 0.0727. The van der Waals surface area contributed by atoms with Crippen LogP contribution in [0.3, 0.4) is 0 Å². The van der Waals surface area contributed by atoms with E-state index in [1.165, 1.54) is 0 Å². The first-order chi connectivity index (χ1) is 9.24. The van der Waals surface area contributed by atoms with Crippen molar-refractivity contribution in [2.24, 2.45) is 0 Å². The van der Waals surface area contributed by atoms with Gasteiger partial charge >= 0.3 is 0 Å². The van der Waals surface area contributed by atoms with Gasteiger partial charge in [-0.2, -0.15) is 0 Å². The highest BCUT2D eigenvalue weighted by molar-refractivity contribution is 5.92. The Bertz CT molecular complexity index is 545. The lowest BCUT2D eigenvalue weighted by Gasteiger charge is -2.13. The van der Waals surface area contributed by atoms with Crippen LogP contribution in [0.4, 0.5) is 5.82 Å². The van der Waals surface area contributed by atoms with E-state index in [9.17, 15) is 5.11 Å². The second-order valence-electron chi connectivity index (χ2n) is 4.24. The molecule has 0 fully saturated rings. The molecule has 1 heterocycles. The first-order valence-electron chi connectivity index (χ1n) is 6.08. The number of pyridine rings is 1. The van der Waals surface area contributed by atoms with Gasteiger partial charge in [-0.15, -0.1) is 0 Å². The molecule has 1 unspecified atom stereocenters. The zero-order valence-corrected chi connectivity index (χ0v) is 11.1. The van der Waals surface area contributed by atoms with E-state index in [1.54, 1.807) is 20.4 Å². The molecule has 2 aromatic rings. The van der Waals surface area contributed by atoms with Crippen molar-refractivity contribution in [3.63, 3.8) is 0 Å². The number of nitrogens with one attached hydrogen (secondary N) is 1. The third-order valence-electron chi connectivity index (χ3n) is 2.84. The van der Waals surface area contributed by atoms with Gasteiger partial charge in [0.05, 0.1) is 19.8 Å². The number of ether oxygens (including phenoxy) is 2. The average Bonchev–Trinajstić information content (AvgIpc) is 2.44. The number of rotatable bonds is 6. The Morgan fingerprint density at radius 2 is 2.16 bits per heavy atom. The Morgan fingerprint density at radius 3 is 2.89 bits per heavy atom. The number of benzene rings is 1. The molecule has 1 atom stereocenters. The van der Waals surface area contributed by atoms with Crippen LogP contribution in [-0.2, 0) is 4.74 Å². The second kappa shape index (κ2) is 6.36. The van der Waals surface area contributed by atoms with Crippen molar-refractivity contribution in [3.8, 4) is 5.75 Å². The molecule has 5 nitrogen and oxygen atoms in total. The molecule has 2 N–H and O–H groups in total. The van der Waals surface area contributed by atoms with E-state index >= 15 is 0 Å². The number of aliphatic hydroxyl groups excluding tert-OH is 1. The summed E-state index contributed by atoms with van der Waals surface area (Å²) < 4.78 is 10.1. The van der Waals surface area contributed by atoms with E-state index in [1.807, 2.05) is 24.3 Å². The van der Waals surface area contributed by atoms with E-state index in [-0.39, 0.29) is 0 Å². The van der Waals surface area contributed by atoms with Crippen LogP contribution in [0.2, 0.25) is 0 Å². The standard InChI is InChI=1S/C14H18N2O3/c1-18-9-11(17)8-16-14-13-7-12(19-2)4-3-10(13)5-6-15-14/h3-7,11,17H,8-9H2,1-2H3,(H,15,16). The van der Waals surface area contributed by atoms with Crippen LogP contribution >= 0.6 is 0 Å². The van der Waals surface area contributed by atoms with Gasteiger partial charge in [0.2, 0.25) is 0 Å². The van der Waals surface area contributed by atoms with E-state index in [4.69, 9.17) is 9.47 Å². The fraction of sp³-hybridized carbons (Fsp3) is 0.357. The van der Waals surface area contributed by atoms with Gasteiger partial charge in [-0.3, -0.25) is 0 Å².